The fourth-order valence-electron chi connectivity index (χ4n) is 2.45. The van der Waals surface area contributed by atoms with Crippen LogP contribution in [0.4, 0.5) is 8.78 Å². The molecule has 0 bridgehead atoms. The summed E-state index contributed by atoms with van der Waals surface area (Å²) in [4.78, 5) is 0. The van der Waals surface area contributed by atoms with Gasteiger partial charge in [-0.3, -0.25) is 0 Å². The molecule has 0 saturated carbocycles. The van der Waals surface area contributed by atoms with Crippen LogP contribution in [-0.2, 0) is 23.7 Å². The van der Waals surface area contributed by atoms with Crippen molar-refractivity contribution in [3.63, 3.8) is 0 Å². The van der Waals surface area contributed by atoms with E-state index in [2.05, 4.69) is 4.72 Å². The molecule has 0 spiro atoms. The van der Waals surface area contributed by atoms with Crippen molar-refractivity contribution in [2.24, 2.45) is 0 Å². The van der Waals surface area contributed by atoms with E-state index in [1.165, 1.54) is 6.07 Å². The molecule has 0 aromatic heterocycles. The van der Waals surface area contributed by atoms with Gasteiger partial charge in [-0.25, -0.2) is 8.78 Å². The van der Waals surface area contributed by atoms with Gasteiger partial charge < -0.3 is 4.55 Å². The second kappa shape index (κ2) is 5.28. The molecule has 20 heavy (non-hydrogen) atoms. The first kappa shape index (κ1) is 15.7. The smallest absolute Gasteiger partial charge is 0.273 e. The van der Waals surface area contributed by atoms with Crippen LogP contribution in [-0.4, -0.2) is 9.30 Å². The van der Waals surface area contributed by atoms with Crippen LogP contribution in [0.5, 0.6) is 0 Å². The van der Waals surface area contributed by atoms with Crippen LogP contribution < -0.4 is 4.72 Å². The predicted molar refractivity (Wildman–Crippen MR) is 78.1 cm³/mol. The standard InChI is InChI=1S/C15H21F2NOS/c1-10(18-20(19)14(2,3)4)11-6-5-7-13-12(11)8-9-15(13,16)17/h5-7,10,18H,8-9H2,1-4H3/t10-,20-/m1/s1. The maximum Gasteiger partial charge on any atom is 0.273 e. The lowest BCUT2D eigenvalue weighted by Crippen LogP contribution is -2.40. The van der Waals surface area contributed by atoms with E-state index in [1.54, 1.807) is 6.07 Å². The molecule has 0 amide bonds. The molecule has 0 aliphatic heterocycles. The van der Waals surface area contributed by atoms with E-state index in [1.807, 2.05) is 33.8 Å². The Hall–Kier alpha value is -0.650. The van der Waals surface area contributed by atoms with Crippen LogP contribution in [0.25, 0.3) is 0 Å². The van der Waals surface area contributed by atoms with Gasteiger partial charge in [-0.15, -0.1) is 4.72 Å². The lowest BCUT2D eigenvalue weighted by Gasteiger charge is -2.27. The zero-order valence-electron chi connectivity index (χ0n) is 12.3. The summed E-state index contributed by atoms with van der Waals surface area (Å²) in [6.45, 7) is 7.51. The van der Waals surface area contributed by atoms with E-state index in [-0.39, 0.29) is 22.8 Å². The Morgan fingerprint density at radius 3 is 2.60 bits per heavy atom. The average molecular weight is 301 g/mol. The van der Waals surface area contributed by atoms with Crippen molar-refractivity contribution >= 4 is 11.4 Å². The highest BCUT2D eigenvalue weighted by atomic mass is 32.2. The fraction of sp³-hybridized carbons (Fsp3) is 0.600. The number of hydrogen-bond donors (Lipinski definition) is 1. The van der Waals surface area contributed by atoms with Gasteiger partial charge in [-0.2, -0.15) is 0 Å². The molecule has 1 aromatic carbocycles. The number of rotatable bonds is 3. The van der Waals surface area contributed by atoms with Gasteiger partial charge in [0, 0.05) is 23.3 Å². The summed E-state index contributed by atoms with van der Waals surface area (Å²) >= 11 is -1.22. The molecule has 2 nitrogen and oxygen atoms in total. The van der Waals surface area contributed by atoms with Crippen LogP contribution in [0.2, 0.25) is 0 Å². The van der Waals surface area contributed by atoms with E-state index in [9.17, 15) is 13.3 Å². The van der Waals surface area contributed by atoms with Crippen molar-refractivity contribution in [1.82, 2.24) is 4.72 Å². The second-order valence-electron chi connectivity index (χ2n) is 6.30. The Labute approximate surface area is 122 Å². The summed E-state index contributed by atoms with van der Waals surface area (Å²) in [6, 6.07) is 4.79. The Bertz CT molecular complexity index is 499. The number of fused-ring (bicyclic) bond motifs is 1. The van der Waals surface area contributed by atoms with Crippen LogP contribution in [0.3, 0.4) is 0 Å². The molecular formula is C15H21F2NOS. The number of benzene rings is 1. The van der Waals surface area contributed by atoms with Gasteiger partial charge in [0.05, 0.1) is 6.04 Å². The van der Waals surface area contributed by atoms with Gasteiger partial charge >= 0.3 is 0 Å². The molecule has 5 heteroatoms. The van der Waals surface area contributed by atoms with Gasteiger partial charge in [0.15, 0.2) is 0 Å². The Balaban J connectivity index is 2.25. The van der Waals surface area contributed by atoms with E-state index in [0.29, 0.717) is 12.0 Å². The first-order chi connectivity index (χ1) is 9.13. The lowest BCUT2D eigenvalue weighted by atomic mass is 9.98. The molecule has 1 aliphatic carbocycles. The Morgan fingerprint density at radius 2 is 2.00 bits per heavy atom. The third-order valence-electron chi connectivity index (χ3n) is 3.60. The maximum atomic E-state index is 13.8. The highest BCUT2D eigenvalue weighted by molar-refractivity contribution is 7.90. The summed E-state index contributed by atoms with van der Waals surface area (Å²) in [5, 5.41) is 0. The van der Waals surface area contributed by atoms with Gasteiger partial charge in [0.25, 0.3) is 5.92 Å². The summed E-state index contributed by atoms with van der Waals surface area (Å²) in [5.41, 5.74) is 1.67. The minimum Gasteiger partial charge on any atom is -0.598 e. The van der Waals surface area contributed by atoms with Crippen molar-refractivity contribution in [3.8, 4) is 0 Å². The van der Waals surface area contributed by atoms with Crippen LogP contribution in [0.1, 0.15) is 56.8 Å². The summed E-state index contributed by atoms with van der Waals surface area (Å²) in [6.07, 6.45) is 0.251. The topological polar surface area (TPSA) is 35.1 Å². The van der Waals surface area contributed by atoms with Gasteiger partial charge in [-0.05, 0) is 45.2 Å². The van der Waals surface area contributed by atoms with E-state index in [0.717, 1.165) is 5.56 Å². The summed E-state index contributed by atoms with van der Waals surface area (Å²) in [7, 11) is 0. The Morgan fingerprint density at radius 1 is 1.35 bits per heavy atom. The lowest BCUT2D eigenvalue weighted by molar-refractivity contribution is -0.00184. The zero-order valence-corrected chi connectivity index (χ0v) is 13.1. The monoisotopic (exact) mass is 301 g/mol. The molecule has 1 N–H and O–H groups in total. The molecule has 0 heterocycles. The average Bonchev–Trinajstić information content (AvgIpc) is 2.64. The third-order valence-corrected chi connectivity index (χ3v) is 5.28. The molecular weight excluding hydrogens is 280 g/mol. The number of hydrogen-bond acceptors (Lipinski definition) is 2. The molecule has 0 fully saturated rings. The van der Waals surface area contributed by atoms with Gasteiger partial charge in [-0.1, -0.05) is 18.2 Å². The molecule has 1 aromatic rings. The number of halogens is 2. The van der Waals surface area contributed by atoms with Gasteiger partial charge in [0.1, 0.15) is 4.75 Å². The highest BCUT2D eigenvalue weighted by Crippen LogP contribution is 2.43. The van der Waals surface area contributed by atoms with Crippen LogP contribution in [0, 0.1) is 0 Å². The van der Waals surface area contributed by atoms with E-state index < -0.39 is 17.3 Å². The summed E-state index contributed by atoms with van der Waals surface area (Å²) in [5.74, 6) is -2.73. The fourth-order valence-corrected chi connectivity index (χ4v) is 3.25. The maximum absolute atomic E-state index is 13.8. The van der Waals surface area contributed by atoms with Crippen molar-refractivity contribution in [3.05, 3.63) is 34.9 Å². The van der Waals surface area contributed by atoms with E-state index in [4.69, 9.17) is 0 Å². The SMILES string of the molecule is C[C@@H](N[S@+]([O-])C(C)(C)C)c1cccc2c1CCC2(F)F. The minimum absolute atomic E-state index is 0.130. The predicted octanol–water partition coefficient (Wildman–Crippen LogP) is 3.84. The third kappa shape index (κ3) is 3.00. The minimum atomic E-state index is -2.73. The number of alkyl halides is 2. The zero-order chi connectivity index (χ0) is 15.1. The molecule has 112 valence electrons. The molecule has 1 aliphatic rings. The Kier molecular flexibility index (Phi) is 4.15. The largest absolute Gasteiger partial charge is 0.598 e. The molecule has 0 radical (unpaired) electrons. The molecule has 2 atom stereocenters. The van der Waals surface area contributed by atoms with Crippen molar-refractivity contribution in [2.75, 3.05) is 0 Å². The molecule has 2 rings (SSSR count). The normalized spacial score (nSPS) is 20.6. The molecule has 0 unspecified atom stereocenters. The van der Waals surface area contributed by atoms with E-state index >= 15 is 0 Å². The van der Waals surface area contributed by atoms with Crippen molar-refractivity contribution < 1.29 is 13.3 Å². The summed E-state index contributed by atoms with van der Waals surface area (Å²) < 4.78 is 42.3. The quantitative estimate of drug-likeness (QED) is 0.861. The first-order valence-corrected chi connectivity index (χ1v) is 7.96. The molecule has 0 saturated heterocycles. The van der Waals surface area contributed by atoms with Crippen LogP contribution in [0.15, 0.2) is 18.2 Å². The number of nitrogens with one attached hydrogen (secondary N) is 1. The van der Waals surface area contributed by atoms with Gasteiger partial charge in [0.2, 0.25) is 0 Å². The first-order valence-electron chi connectivity index (χ1n) is 6.81. The van der Waals surface area contributed by atoms with Crippen molar-refractivity contribution in [1.29, 1.82) is 0 Å². The highest BCUT2D eigenvalue weighted by Gasteiger charge is 2.40. The van der Waals surface area contributed by atoms with Crippen molar-refractivity contribution in [2.45, 2.75) is 57.2 Å². The second-order valence-corrected chi connectivity index (χ2v) is 8.30. The van der Waals surface area contributed by atoms with Crippen LogP contribution >= 0.6 is 0 Å².